The number of hydrogen-bond acceptors (Lipinski definition) is 3. The normalized spacial score (nSPS) is 19.9. The first-order valence-corrected chi connectivity index (χ1v) is 6.82. The summed E-state index contributed by atoms with van der Waals surface area (Å²) < 4.78 is 5.44. The van der Waals surface area contributed by atoms with Crippen LogP contribution in [0.3, 0.4) is 0 Å². The highest BCUT2D eigenvalue weighted by Crippen LogP contribution is 2.16. The maximum atomic E-state index is 12.3. The molecule has 20 heavy (non-hydrogen) atoms. The Bertz CT molecular complexity index is 610. The number of pyridine rings is 1. The summed E-state index contributed by atoms with van der Waals surface area (Å²) in [4.78, 5) is 21.4. The van der Waals surface area contributed by atoms with Gasteiger partial charge in [0.25, 0.3) is 0 Å². The Labute approximate surface area is 117 Å². The largest absolute Gasteiger partial charge is 0.379 e. The predicted molar refractivity (Wildman–Crippen MR) is 76.7 cm³/mol. The van der Waals surface area contributed by atoms with Gasteiger partial charge in [0.15, 0.2) is 0 Å². The molecule has 1 atom stereocenters. The average Bonchev–Trinajstić information content (AvgIpc) is 2.79. The van der Waals surface area contributed by atoms with Gasteiger partial charge in [-0.15, -0.1) is 0 Å². The van der Waals surface area contributed by atoms with Gasteiger partial charge in [0, 0.05) is 24.7 Å². The van der Waals surface area contributed by atoms with Crippen LogP contribution in [-0.2, 0) is 4.74 Å². The van der Waals surface area contributed by atoms with Crippen LogP contribution < -0.4 is 5.32 Å². The van der Waals surface area contributed by atoms with E-state index in [4.69, 9.17) is 4.74 Å². The molecule has 2 aromatic heterocycles. The van der Waals surface area contributed by atoms with E-state index in [1.54, 1.807) is 11.1 Å². The van der Waals surface area contributed by atoms with Gasteiger partial charge >= 0.3 is 6.03 Å². The number of H-pyrrole nitrogens is 1. The van der Waals surface area contributed by atoms with Crippen molar-refractivity contribution >= 4 is 22.8 Å². The van der Waals surface area contributed by atoms with Crippen molar-refractivity contribution in [2.45, 2.75) is 19.4 Å². The predicted octanol–water partition coefficient (Wildman–Crippen LogP) is 2.21. The maximum absolute atomic E-state index is 12.3. The summed E-state index contributed by atoms with van der Waals surface area (Å²) in [6, 6.07) is 3.77. The average molecular weight is 274 g/mol. The van der Waals surface area contributed by atoms with Crippen molar-refractivity contribution in [3.05, 3.63) is 24.5 Å². The molecule has 106 valence electrons. The van der Waals surface area contributed by atoms with Crippen LogP contribution in [0.4, 0.5) is 10.6 Å². The van der Waals surface area contributed by atoms with E-state index in [1.807, 2.05) is 25.3 Å². The quantitative estimate of drug-likeness (QED) is 0.837. The van der Waals surface area contributed by atoms with E-state index in [9.17, 15) is 4.79 Å². The zero-order chi connectivity index (χ0) is 13.9. The van der Waals surface area contributed by atoms with E-state index in [1.165, 1.54) is 0 Å². The van der Waals surface area contributed by atoms with E-state index in [0.717, 1.165) is 17.3 Å². The molecule has 0 aromatic carbocycles. The van der Waals surface area contributed by atoms with Crippen molar-refractivity contribution in [1.82, 2.24) is 14.9 Å². The molecule has 0 aliphatic carbocycles. The number of aromatic nitrogens is 2. The second-order valence-corrected chi connectivity index (χ2v) is 5.04. The lowest BCUT2D eigenvalue weighted by Gasteiger charge is -2.26. The van der Waals surface area contributed by atoms with Crippen molar-refractivity contribution in [2.75, 3.05) is 25.1 Å². The Balaban J connectivity index is 1.73. The molecule has 1 aliphatic heterocycles. The van der Waals surface area contributed by atoms with Crippen LogP contribution in [0.2, 0.25) is 0 Å². The molecule has 1 fully saturated rings. The molecular formula is C14H18N4O2. The number of fused-ring (bicyclic) bond motifs is 1. The fourth-order valence-corrected chi connectivity index (χ4v) is 2.40. The van der Waals surface area contributed by atoms with Gasteiger partial charge in [0.1, 0.15) is 5.82 Å². The zero-order valence-electron chi connectivity index (χ0n) is 11.4. The Kier molecular flexibility index (Phi) is 3.56. The van der Waals surface area contributed by atoms with Gasteiger partial charge in [-0.05, 0) is 25.5 Å². The van der Waals surface area contributed by atoms with Crippen molar-refractivity contribution in [1.29, 1.82) is 0 Å². The summed E-state index contributed by atoms with van der Waals surface area (Å²) >= 11 is 0. The maximum Gasteiger partial charge on any atom is 0.323 e. The lowest BCUT2D eigenvalue weighted by molar-refractivity contribution is 0.116. The smallest absolute Gasteiger partial charge is 0.323 e. The van der Waals surface area contributed by atoms with Gasteiger partial charge in [0.2, 0.25) is 0 Å². The molecule has 3 heterocycles. The lowest BCUT2D eigenvalue weighted by Crippen LogP contribution is -2.42. The second-order valence-electron chi connectivity index (χ2n) is 5.04. The van der Waals surface area contributed by atoms with Crippen LogP contribution in [0.1, 0.15) is 13.3 Å². The van der Waals surface area contributed by atoms with Crippen molar-refractivity contribution in [2.24, 2.45) is 0 Å². The minimum Gasteiger partial charge on any atom is -0.379 e. The molecule has 0 saturated carbocycles. The summed E-state index contributed by atoms with van der Waals surface area (Å²) in [6.07, 6.45) is 4.44. The van der Waals surface area contributed by atoms with Gasteiger partial charge in [-0.2, -0.15) is 0 Å². The molecule has 3 rings (SSSR count). The third kappa shape index (κ3) is 2.60. The van der Waals surface area contributed by atoms with E-state index >= 15 is 0 Å². The molecule has 6 nitrogen and oxygen atoms in total. The van der Waals surface area contributed by atoms with Crippen LogP contribution in [0.15, 0.2) is 24.5 Å². The Morgan fingerprint density at radius 3 is 3.40 bits per heavy atom. The van der Waals surface area contributed by atoms with E-state index in [2.05, 4.69) is 15.3 Å². The molecule has 6 heteroatoms. The SMILES string of the molecule is CC1COCCCN1C(=O)Nc1cc2cc[nH]c2cn1. The summed E-state index contributed by atoms with van der Waals surface area (Å²) in [7, 11) is 0. The Morgan fingerprint density at radius 2 is 2.50 bits per heavy atom. The molecule has 0 radical (unpaired) electrons. The third-order valence-electron chi connectivity index (χ3n) is 3.51. The topological polar surface area (TPSA) is 70.2 Å². The molecule has 0 bridgehead atoms. The first-order valence-electron chi connectivity index (χ1n) is 6.82. The number of nitrogens with one attached hydrogen (secondary N) is 2. The number of nitrogens with zero attached hydrogens (tertiary/aromatic N) is 2. The summed E-state index contributed by atoms with van der Waals surface area (Å²) in [5.74, 6) is 0.569. The second kappa shape index (κ2) is 5.50. The van der Waals surface area contributed by atoms with E-state index in [0.29, 0.717) is 25.6 Å². The minimum absolute atomic E-state index is 0.0773. The number of carbonyl (C=O) groups excluding carboxylic acids is 1. The number of anilines is 1. The molecule has 1 saturated heterocycles. The van der Waals surface area contributed by atoms with Crippen molar-refractivity contribution in [3.63, 3.8) is 0 Å². The number of rotatable bonds is 1. The molecular weight excluding hydrogens is 256 g/mol. The van der Waals surface area contributed by atoms with Crippen LogP contribution in [-0.4, -0.2) is 46.7 Å². The van der Waals surface area contributed by atoms with E-state index < -0.39 is 0 Å². The number of hydrogen-bond donors (Lipinski definition) is 2. The van der Waals surface area contributed by atoms with Crippen molar-refractivity contribution < 1.29 is 9.53 Å². The first-order chi connectivity index (χ1) is 9.74. The number of carbonyl (C=O) groups is 1. The third-order valence-corrected chi connectivity index (χ3v) is 3.51. The van der Waals surface area contributed by atoms with Crippen LogP contribution in [0.25, 0.3) is 10.9 Å². The molecule has 2 amide bonds. The van der Waals surface area contributed by atoms with Crippen LogP contribution in [0.5, 0.6) is 0 Å². The molecule has 0 spiro atoms. The van der Waals surface area contributed by atoms with Gasteiger partial charge in [-0.1, -0.05) is 0 Å². The Hall–Kier alpha value is -2.08. The fourth-order valence-electron chi connectivity index (χ4n) is 2.40. The zero-order valence-corrected chi connectivity index (χ0v) is 11.4. The number of ether oxygens (including phenoxy) is 1. The van der Waals surface area contributed by atoms with Crippen molar-refractivity contribution in [3.8, 4) is 0 Å². The lowest BCUT2D eigenvalue weighted by atomic mass is 10.3. The molecule has 2 aromatic rings. The van der Waals surface area contributed by atoms with Crippen LogP contribution >= 0.6 is 0 Å². The number of urea groups is 1. The number of amides is 2. The highest BCUT2D eigenvalue weighted by molar-refractivity contribution is 5.91. The Morgan fingerprint density at radius 1 is 1.60 bits per heavy atom. The monoisotopic (exact) mass is 274 g/mol. The summed E-state index contributed by atoms with van der Waals surface area (Å²) in [5.41, 5.74) is 0.958. The van der Waals surface area contributed by atoms with Gasteiger partial charge in [-0.3, -0.25) is 5.32 Å². The van der Waals surface area contributed by atoms with Gasteiger partial charge in [0.05, 0.1) is 24.4 Å². The standard InChI is InChI=1S/C14H18N4O2/c1-10-9-20-6-2-5-18(10)14(19)17-13-7-11-3-4-15-12(11)8-16-13/h3-4,7-8,10,15H,2,5-6,9H2,1H3,(H,16,17,19). The summed E-state index contributed by atoms with van der Waals surface area (Å²) in [6.45, 7) is 3.99. The molecule has 2 N–H and O–H groups in total. The highest BCUT2D eigenvalue weighted by Gasteiger charge is 2.22. The number of aromatic amines is 1. The van der Waals surface area contributed by atoms with Crippen LogP contribution in [0, 0.1) is 0 Å². The van der Waals surface area contributed by atoms with E-state index in [-0.39, 0.29) is 12.1 Å². The first kappa shape index (κ1) is 12.9. The van der Waals surface area contributed by atoms with Gasteiger partial charge < -0.3 is 14.6 Å². The highest BCUT2D eigenvalue weighted by atomic mass is 16.5. The fraction of sp³-hybridized carbons (Fsp3) is 0.429. The minimum atomic E-state index is -0.120. The summed E-state index contributed by atoms with van der Waals surface area (Å²) in [5, 5.41) is 3.89. The molecule has 1 aliphatic rings. The van der Waals surface area contributed by atoms with Gasteiger partial charge in [-0.25, -0.2) is 9.78 Å². The molecule has 1 unspecified atom stereocenters.